The maximum Gasteiger partial charge on any atom is 0.292 e. The molecule has 3 nitrogen and oxygen atoms in total. The number of ether oxygens (including phenoxy) is 1. The maximum absolute atomic E-state index is 12.1. The standard InChI is InChI=1S/C14H17NO2/c1-11-6-8-12(9-7-11)15(2)14(16)13-5-3-4-10-17-13/h5-9H,3-4,10H2,1-2H3. The van der Waals surface area contributed by atoms with Gasteiger partial charge in [0.05, 0.1) is 6.61 Å². The fraction of sp³-hybridized carbons (Fsp3) is 0.357. The summed E-state index contributed by atoms with van der Waals surface area (Å²) in [5, 5.41) is 0. The predicted molar refractivity (Wildman–Crippen MR) is 67.9 cm³/mol. The van der Waals surface area contributed by atoms with E-state index >= 15 is 0 Å². The molecule has 1 aliphatic heterocycles. The Kier molecular flexibility index (Phi) is 3.47. The van der Waals surface area contributed by atoms with Gasteiger partial charge in [-0.15, -0.1) is 0 Å². The van der Waals surface area contributed by atoms with E-state index in [0.29, 0.717) is 12.4 Å². The molecule has 1 aromatic carbocycles. The van der Waals surface area contributed by atoms with Crippen LogP contribution in [0.15, 0.2) is 36.1 Å². The molecular formula is C14H17NO2. The van der Waals surface area contributed by atoms with Gasteiger partial charge < -0.3 is 9.64 Å². The number of carbonyl (C=O) groups is 1. The summed E-state index contributed by atoms with van der Waals surface area (Å²) in [5.74, 6) is 0.396. The highest BCUT2D eigenvalue weighted by Gasteiger charge is 2.19. The third-order valence-corrected chi connectivity index (χ3v) is 2.87. The lowest BCUT2D eigenvalue weighted by Gasteiger charge is -2.21. The SMILES string of the molecule is Cc1ccc(N(C)C(=O)C2=CCCCO2)cc1. The lowest BCUT2D eigenvalue weighted by molar-refractivity contribution is -0.118. The molecule has 0 saturated heterocycles. The Morgan fingerprint density at radius 1 is 1.29 bits per heavy atom. The minimum Gasteiger partial charge on any atom is -0.488 e. The van der Waals surface area contributed by atoms with Gasteiger partial charge in [-0.2, -0.15) is 0 Å². The minimum absolute atomic E-state index is 0.0754. The number of anilines is 1. The van der Waals surface area contributed by atoms with Gasteiger partial charge in [0.25, 0.3) is 5.91 Å². The topological polar surface area (TPSA) is 29.5 Å². The fourth-order valence-electron chi connectivity index (χ4n) is 1.76. The van der Waals surface area contributed by atoms with E-state index in [0.717, 1.165) is 18.5 Å². The fourth-order valence-corrected chi connectivity index (χ4v) is 1.76. The largest absolute Gasteiger partial charge is 0.488 e. The van der Waals surface area contributed by atoms with Crippen LogP contribution in [0.3, 0.4) is 0 Å². The molecule has 0 atom stereocenters. The first-order valence-electron chi connectivity index (χ1n) is 5.86. The molecule has 0 aromatic heterocycles. The van der Waals surface area contributed by atoms with Crippen LogP contribution in [0.2, 0.25) is 0 Å². The monoisotopic (exact) mass is 231 g/mol. The van der Waals surface area contributed by atoms with Gasteiger partial charge in [0.1, 0.15) is 0 Å². The summed E-state index contributed by atoms with van der Waals surface area (Å²) in [4.78, 5) is 13.7. The van der Waals surface area contributed by atoms with E-state index in [1.807, 2.05) is 37.3 Å². The normalized spacial score (nSPS) is 14.8. The van der Waals surface area contributed by atoms with Gasteiger partial charge >= 0.3 is 0 Å². The number of hydrogen-bond donors (Lipinski definition) is 0. The summed E-state index contributed by atoms with van der Waals surface area (Å²) in [7, 11) is 1.77. The summed E-state index contributed by atoms with van der Waals surface area (Å²) in [6.07, 6.45) is 3.78. The van der Waals surface area contributed by atoms with E-state index in [4.69, 9.17) is 4.74 Å². The van der Waals surface area contributed by atoms with Crippen LogP contribution >= 0.6 is 0 Å². The second-order valence-electron chi connectivity index (χ2n) is 4.26. The number of rotatable bonds is 2. The van der Waals surface area contributed by atoms with Crippen molar-refractivity contribution in [2.45, 2.75) is 19.8 Å². The van der Waals surface area contributed by atoms with Gasteiger partial charge in [0, 0.05) is 12.7 Å². The molecule has 1 heterocycles. The van der Waals surface area contributed by atoms with E-state index < -0.39 is 0 Å². The van der Waals surface area contributed by atoms with Crippen LogP contribution in [-0.4, -0.2) is 19.6 Å². The zero-order valence-corrected chi connectivity index (χ0v) is 10.3. The highest BCUT2D eigenvalue weighted by atomic mass is 16.5. The van der Waals surface area contributed by atoms with Crippen molar-refractivity contribution < 1.29 is 9.53 Å². The first-order chi connectivity index (χ1) is 8.18. The van der Waals surface area contributed by atoms with Crippen LogP contribution in [0.1, 0.15) is 18.4 Å². The van der Waals surface area contributed by atoms with E-state index in [9.17, 15) is 4.79 Å². The van der Waals surface area contributed by atoms with E-state index in [1.165, 1.54) is 5.56 Å². The first kappa shape index (κ1) is 11.7. The molecule has 0 fully saturated rings. The lowest BCUT2D eigenvalue weighted by Crippen LogP contribution is -2.29. The Balaban J connectivity index is 2.14. The minimum atomic E-state index is -0.0754. The van der Waals surface area contributed by atoms with Gasteiger partial charge in [0.2, 0.25) is 0 Å². The van der Waals surface area contributed by atoms with Crippen LogP contribution in [0.4, 0.5) is 5.69 Å². The number of nitrogens with zero attached hydrogens (tertiary/aromatic N) is 1. The third kappa shape index (κ3) is 2.67. The highest BCUT2D eigenvalue weighted by Crippen LogP contribution is 2.18. The van der Waals surface area contributed by atoms with Crippen LogP contribution < -0.4 is 4.90 Å². The number of hydrogen-bond acceptors (Lipinski definition) is 2. The van der Waals surface area contributed by atoms with Gasteiger partial charge in [-0.3, -0.25) is 4.79 Å². The number of likely N-dealkylation sites (N-methyl/N-ethyl adjacent to an activating group) is 1. The molecule has 3 heteroatoms. The van der Waals surface area contributed by atoms with Crippen molar-refractivity contribution in [2.24, 2.45) is 0 Å². The molecule has 1 amide bonds. The Morgan fingerprint density at radius 2 is 2.00 bits per heavy atom. The van der Waals surface area contributed by atoms with E-state index in [-0.39, 0.29) is 5.91 Å². The highest BCUT2D eigenvalue weighted by molar-refractivity contribution is 6.03. The molecule has 0 spiro atoms. The average Bonchev–Trinajstić information content (AvgIpc) is 2.39. The summed E-state index contributed by atoms with van der Waals surface area (Å²) in [6, 6.07) is 7.87. The summed E-state index contributed by atoms with van der Waals surface area (Å²) in [6.45, 7) is 2.66. The third-order valence-electron chi connectivity index (χ3n) is 2.87. The van der Waals surface area contributed by atoms with Crippen LogP contribution in [0.25, 0.3) is 0 Å². The molecule has 0 bridgehead atoms. The van der Waals surface area contributed by atoms with Gasteiger partial charge in [-0.25, -0.2) is 0 Å². The zero-order chi connectivity index (χ0) is 12.3. The lowest BCUT2D eigenvalue weighted by atomic mass is 10.2. The molecule has 17 heavy (non-hydrogen) atoms. The van der Waals surface area contributed by atoms with Crippen molar-refractivity contribution in [3.05, 3.63) is 41.7 Å². The number of aryl methyl sites for hydroxylation is 1. The van der Waals surface area contributed by atoms with Crippen molar-refractivity contribution in [2.75, 3.05) is 18.6 Å². The summed E-state index contributed by atoms with van der Waals surface area (Å²) < 4.78 is 5.38. The molecule has 2 rings (SSSR count). The second-order valence-corrected chi connectivity index (χ2v) is 4.26. The van der Waals surface area contributed by atoms with Gasteiger partial charge in [-0.1, -0.05) is 17.7 Å². The maximum atomic E-state index is 12.1. The zero-order valence-electron chi connectivity index (χ0n) is 10.3. The second kappa shape index (κ2) is 5.04. The quantitative estimate of drug-likeness (QED) is 0.783. The van der Waals surface area contributed by atoms with E-state index in [2.05, 4.69) is 0 Å². The summed E-state index contributed by atoms with van der Waals surface area (Å²) in [5.41, 5.74) is 2.07. The predicted octanol–water partition coefficient (Wildman–Crippen LogP) is 2.65. The molecule has 0 unspecified atom stereocenters. The van der Waals surface area contributed by atoms with Crippen molar-refractivity contribution in [3.8, 4) is 0 Å². The number of carbonyl (C=O) groups excluding carboxylic acids is 1. The Hall–Kier alpha value is -1.77. The van der Waals surface area contributed by atoms with Gasteiger partial charge in [0.15, 0.2) is 5.76 Å². The van der Waals surface area contributed by atoms with E-state index in [1.54, 1.807) is 11.9 Å². The Morgan fingerprint density at radius 3 is 2.59 bits per heavy atom. The number of benzene rings is 1. The Labute approximate surface area is 102 Å². The number of allylic oxidation sites excluding steroid dienone is 1. The average molecular weight is 231 g/mol. The molecular weight excluding hydrogens is 214 g/mol. The summed E-state index contributed by atoms with van der Waals surface area (Å²) >= 11 is 0. The molecule has 0 saturated carbocycles. The van der Waals surface area contributed by atoms with Crippen LogP contribution in [0, 0.1) is 6.92 Å². The molecule has 0 N–H and O–H groups in total. The molecule has 1 aliphatic rings. The van der Waals surface area contributed by atoms with Crippen molar-refractivity contribution in [1.29, 1.82) is 0 Å². The first-order valence-corrected chi connectivity index (χ1v) is 5.86. The molecule has 0 aliphatic carbocycles. The van der Waals surface area contributed by atoms with Crippen molar-refractivity contribution in [3.63, 3.8) is 0 Å². The molecule has 1 aromatic rings. The Bertz CT molecular complexity index is 434. The smallest absolute Gasteiger partial charge is 0.292 e. The van der Waals surface area contributed by atoms with Crippen molar-refractivity contribution in [1.82, 2.24) is 0 Å². The van der Waals surface area contributed by atoms with Crippen molar-refractivity contribution >= 4 is 11.6 Å². The number of amides is 1. The van der Waals surface area contributed by atoms with Crippen LogP contribution in [0.5, 0.6) is 0 Å². The van der Waals surface area contributed by atoms with Crippen LogP contribution in [-0.2, 0) is 9.53 Å². The van der Waals surface area contributed by atoms with Gasteiger partial charge in [-0.05, 0) is 38.0 Å². The molecule has 90 valence electrons. The molecule has 0 radical (unpaired) electrons.